The van der Waals surface area contributed by atoms with Crippen LogP contribution in [0.15, 0.2) is 24.3 Å². The molecule has 0 spiro atoms. The molecule has 27 heavy (non-hydrogen) atoms. The molecule has 1 aromatic carbocycles. The zero-order valence-corrected chi connectivity index (χ0v) is 16.7. The van der Waals surface area contributed by atoms with Gasteiger partial charge in [-0.2, -0.15) is 17.0 Å². The van der Waals surface area contributed by atoms with Crippen molar-refractivity contribution in [3.05, 3.63) is 29.8 Å². The predicted molar refractivity (Wildman–Crippen MR) is 101 cm³/mol. The van der Waals surface area contributed by atoms with Crippen LogP contribution in [0.25, 0.3) is 0 Å². The lowest BCUT2D eigenvalue weighted by molar-refractivity contribution is -0.131. The Morgan fingerprint density at radius 2 is 1.70 bits per heavy atom. The Labute approximate surface area is 160 Å². The van der Waals surface area contributed by atoms with E-state index in [0.29, 0.717) is 31.0 Å². The summed E-state index contributed by atoms with van der Waals surface area (Å²) in [6.07, 6.45) is 0. The number of ether oxygens (including phenoxy) is 1. The summed E-state index contributed by atoms with van der Waals surface area (Å²) in [5, 5.41) is 2.60. The van der Waals surface area contributed by atoms with E-state index in [-0.39, 0.29) is 31.4 Å². The first-order valence-electron chi connectivity index (χ1n) is 8.72. The number of nitrogens with zero attached hydrogens (tertiary/aromatic N) is 3. The number of hydrogen-bond acceptors (Lipinski definition) is 5. The Morgan fingerprint density at radius 1 is 1.11 bits per heavy atom. The third-order valence-corrected chi connectivity index (χ3v) is 6.15. The molecule has 1 aliphatic rings. The van der Waals surface area contributed by atoms with Gasteiger partial charge in [0.25, 0.3) is 16.1 Å². The largest absolute Gasteiger partial charge is 0.494 e. The number of hydrogen-bond donors (Lipinski definition) is 1. The minimum absolute atomic E-state index is 0.132. The van der Waals surface area contributed by atoms with E-state index in [1.165, 1.54) is 18.4 Å². The number of rotatable bonds is 7. The van der Waals surface area contributed by atoms with Crippen molar-refractivity contribution in [2.45, 2.75) is 6.92 Å². The van der Waals surface area contributed by atoms with Crippen molar-refractivity contribution >= 4 is 22.0 Å². The topological polar surface area (TPSA) is 99.3 Å². The van der Waals surface area contributed by atoms with Crippen LogP contribution in [0.2, 0.25) is 0 Å². The molecule has 10 heteroatoms. The van der Waals surface area contributed by atoms with Crippen LogP contribution in [0.1, 0.15) is 17.3 Å². The van der Waals surface area contributed by atoms with Crippen molar-refractivity contribution in [2.75, 3.05) is 53.4 Å². The summed E-state index contributed by atoms with van der Waals surface area (Å²) in [7, 11) is -0.519. The van der Waals surface area contributed by atoms with Crippen LogP contribution in [-0.2, 0) is 15.0 Å². The number of carbonyl (C=O) groups is 2. The van der Waals surface area contributed by atoms with Gasteiger partial charge in [0.15, 0.2) is 0 Å². The number of piperazine rings is 1. The van der Waals surface area contributed by atoms with Gasteiger partial charge in [-0.3, -0.25) is 9.59 Å². The van der Waals surface area contributed by atoms with E-state index in [1.54, 1.807) is 29.2 Å². The van der Waals surface area contributed by atoms with E-state index in [9.17, 15) is 18.0 Å². The first-order chi connectivity index (χ1) is 12.8. The lowest BCUT2D eigenvalue weighted by Gasteiger charge is -2.35. The zero-order valence-electron chi connectivity index (χ0n) is 15.8. The van der Waals surface area contributed by atoms with Crippen molar-refractivity contribution in [2.24, 2.45) is 0 Å². The van der Waals surface area contributed by atoms with Crippen LogP contribution in [0.4, 0.5) is 0 Å². The fraction of sp³-hybridized carbons (Fsp3) is 0.529. The Kier molecular flexibility index (Phi) is 7.17. The summed E-state index contributed by atoms with van der Waals surface area (Å²) in [4.78, 5) is 26.0. The molecule has 1 saturated heterocycles. The van der Waals surface area contributed by atoms with Crippen molar-refractivity contribution in [3.8, 4) is 5.75 Å². The van der Waals surface area contributed by atoms with E-state index >= 15 is 0 Å². The van der Waals surface area contributed by atoms with Gasteiger partial charge in [-0.25, -0.2) is 0 Å². The lowest BCUT2D eigenvalue weighted by Crippen LogP contribution is -2.54. The third-order valence-electron chi connectivity index (χ3n) is 4.21. The molecule has 2 amide bonds. The van der Waals surface area contributed by atoms with Crippen LogP contribution in [0.5, 0.6) is 5.75 Å². The normalized spacial score (nSPS) is 15.6. The highest BCUT2D eigenvalue weighted by Crippen LogP contribution is 2.12. The summed E-state index contributed by atoms with van der Waals surface area (Å²) >= 11 is 0. The van der Waals surface area contributed by atoms with E-state index in [1.807, 2.05) is 6.92 Å². The molecule has 1 N–H and O–H groups in total. The second kappa shape index (κ2) is 9.16. The smallest absolute Gasteiger partial charge is 0.281 e. The maximum Gasteiger partial charge on any atom is 0.281 e. The fourth-order valence-electron chi connectivity index (χ4n) is 2.64. The van der Waals surface area contributed by atoms with Crippen molar-refractivity contribution in [1.29, 1.82) is 0 Å². The molecule has 150 valence electrons. The lowest BCUT2D eigenvalue weighted by atomic mass is 10.2. The summed E-state index contributed by atoms with van der Waals surface area (Å²) < 4.78 is 32.0. The van der Waals surface area contributed by atoms with Crippen LogP contribution in [-0.4, -0.2) is 87.2 Å². The molecule has 1 aromatic rings. The highest BCUT2D eigenvalue weighted by atomic mass is 32.2. The van der Waals surface area contributed by atoms with E-state index in [4.69, 9.17) is 4.74 Å². The summed E-state index contributed by atoms with van der Waals surface area (Å²) in [6.45, 7) is 3.35. The molecule has 1 fully saturated rings. The van der Waals surface area contributed by atoms with Crippen LogP contribution >= 0.6 is 0 Å². The van der Waals surface area contributed by atoms with E-state index < -0.39 is 10.2 Å². The van der Waals surface area contributed by atoms with Gasteiger partial charge in [0.1, 0.15) is 5.75 Å². The van der Waals surface area contributed by atoms with E-state index in [2.05, 4.69) is 5.32 Å². The molecular weight excluding hydrogens is 372 g/mol. The summed E-state index contributed by atoms with van der Waals surface area (Å²) in [6, 6.07) is 6.67. The van der Waals surface area contributed by atoms with Crippen LogP contribution in [0, 0.1) is 0 Å². The molecule has 0 bridgehead atoms. The monoisotopic (exact) mass is 398 g/mol. The third kappa shape index (κ3) is 5.41. The van der Waals surface area contributed by atoms with Crippen LogP contribution in [0.3, 0.4) is 0 Å². The Bertz CT molecular complexity index is 756. The fourth-order valence-corrected chi connectivity index (χ4v) is 3.72. The molecule has 0 aliphatic carbocycles. The van der Waals surface area contributed by atoms with Crippen molar-refractivity contribution in [3.63, 3.8) is 0 Å². The van der Waals surface area contributed by atoms with Crippen molar-refractivity contribution < 1.29 is 22.7 Å². The Morgan fingerprint density at radius 3 is 2.22 bits per heavy atom. The highest BCUT2D eigenvalue weighted by molar-refractivity contribution is 7.86. The maximum absolute atomic E-state index is 12.3. The second-order valence-electron chi connectivity index (χ2n) is 6.21. The number of benzene rings is 1. The molecule has 1 heterocycles. The average Bonchev–Trinajstić information content (AvgIpc) is 2.66. The molecule has 0 atom stereocenters. The van der Waals surface area contributed by atoms with Crippen molar-refractivity contribution in [1.82, 2.24) is 18.8 Å². The van der Waals surface area contributed by atoms with Gasteiger partial charge in [0.05, 0.1) is 13.2 Å². The molecule has 0 radical (unpaired) electrons. The summed E-state index contributed by atoms with van der Waals surface area (Å²) in [5.74, 6) is 0.0899. The first kappa shape index (κ1) is 21.1. The van der Waals surface area contributed by atoms with Gasteiger partial charge in [0, 0.05) is 45.8 Å². The maximum atomic E-state index is 12.3. The quantitative estimate of drug-likeness (QED) is 0.684. The standard InChI is InChI=1S/C17H26N4O5S/c1-4-26-15-7-5-14(6-8-15)17(23)18-13-16(22)20-9-11-21(12-10-20)27(24,25)19(2)3/h5-8H,4,9-13H2,1-3H3,(H,18,23). The number of amides is 2. The first-order valence-corrected chi connectivity index (χ1v) is 10.1. The van der Waals surface area contributed by atoms with Crippen LogP contribution < -0.4 is 10.1 Å². The van der Waals surface area contributed by atoms with E-state index in [0.717, 1.165) is 4.31 Å². The van der Waals surface area contributed by atoms with Gasteiger partial charge in [-0.1, -0.05) is 0 Å². The Balaban J connectivity index is 1.82. The highest BCUT2D eigenvalue weighted by Gasteiger charge is 2.30. The molecule has 2 rings (SSSR count). The minimum Gasteiger partial charge on any atom is -0.494 e. The van der Waals surface area contributed by atoms with Gasteiger partial charge in [0.2, 0.25) is 5.91 Å². The van der Waals surface area contributed by atoms with Gasteiger partial charge < -0.3 is 15.0 Å². The molecule has 0 aromatic heterocycles. The number of nitrogens with one attached hydrogen (secondary N) is 1. The SMILES string of the molecule is CCOc1ccc(C(=O)NCC(=O)N2CCN(S(=O)(=O)N(C)C)CC2)cc1. The summed E-state index contributed by atoms with van der Waals surface area (Å²) in [5.41, 5.74) is 0.438. The zero-order chi connectivity index (χ0) is 20.0. The minimum atomic E-state index is -3.47. The molecular formula is C17H26N4O5S. The number of carbonyl (C=O) groups excluding carboxylic acids is 2. The second-order valence-corrected chi connectivity index (χ2v) is 8.35. The van der Waals surface area contributed by atoms with Gasteiger partial charge in [-0.15, -0.1) is 0 Å². The van der Waals surface area contributed by atoms with Gasteiger partial charge in [-0.05, 0) is 31.2 Å². The Hall–Kier alpha value is -2.17. The average molecular weight is 398 g/mol. The predicted octanol–water partition coefficient (Wildman–Crippen LogP) is -0.234. The molecule has 1 aliphatic heterocycles. The molecule has 0 saturated carbocycles. The molecule has 9 nitrogen and oxygen atoms in total. The van der Waals surface area contributed by atoms with Gasteiger partial charge >= 0.3 is 0 Å². The molecule has 0 unspecified atom stereocenters.